The number of alkyl halides is 3. The predicted molar refractivity (Wildman–Crippen MR) is 46.1 cm³/mol. The van der Waals surface area contributed by atoms with E-state index in [-0.39, 0.29) is 10.3 Å². The molecule has 0 saturated heterocycles. The number of anilines is 1. The van der Waals surface area contributed by atoms with Crippen LogP contribution in [0.4, 0.5) is 19.0 Å². The quantitative estimate of drug-likeness (QED) is 0.774. The monoisotopic (exact) mass is 254 g/mol. The fourth-order valence-corrected chi connectivity index (χ4v) is 1.30. The maximum atomic E-state index is 12.3. The first-order valence-corrected chi connectivity index (χ1v) is 4.11. The van der Waals surface area contributed by atoms with Crippen molar-refractivity contribution in [1.29, 1.82) is 0 Å². The Morgan fingerprint density at radius 2 is 2.00 bits per heavy atom. The van der Waals surface area contributed by atoms with Gasteiger partial charge in [-0.2, -0.15) is 13.2 Å². The van der Waals surface area contributed by atoms with Crippen LogP contribution in [-0.4, -0.2) is 4.98 Å². The number of nitrogen functional groups attached to an aromatic ring is 1. The molecule has 0 radical (unpaired) electrons. The van der Waals surface area contributed by atoms with Crippen molar-refractivity contribution >= 4 is 21.7 Å². The van der Waals surface area contributed by atoms with Gasteiger partial charge in [-0.25, -0.2) is 4.98 Å². The fraction of sp³-hybridized carbons (Fsp3) is 0.286. The van der Waals surface area contributed by atoms with Crippen molar-refractivity contribution < 1.29 is 13.2 Å². The standard InChI is InChI=1S/C7H6BrF3N2/c1-3-2-4(12)13-6(5(3)8)7(9,10)11/h2H,1H3,(H2,12,13). The van der Waals surface area contributed by atoms with Crippen molar-refractivity contribution in [3.8, 4) is 0 Å². The molecule has 1 aromatic heterocycles. The first-order valence-electron chi connectivity index (χ1n) is 3.32. The van der Waals surface area contributed by atoms with Crippen LogP contribution < -0.4 is 5.73 Å². The topological polar surface area (TPSA) is 38.9 Å². The van der Waals surface area contributed by atoms with Gasteiger partial charge >= 0.3 is 6.18 Å². The molecular formula is C7H6BrF3N2. The highest BCUT2D eigenvalue weighted by Crippen LogP contribution is 2.35. The first-order chi connectivity index (χ1) is 5.82. The summed E-state index contributed by atoms with van der Waals surface area (Å²) < 4.78 is 36.7. The van der Waals surface area contributed by atoms with E-state index in [4.69, 9.17) is 5.73 Å². The van der Waals surface area contributed by atoms with Gasteiger partial charge in [0.05, 0.1) is 4.47 Å². The maximum Gasteiger partial charge on any atom is 0.434 e. The molecule has 0 aliphatic heterocycles. The lowest BCUT2D eigenvalue weighted by atomic mass is 10.2. The van der Waals surface area contributed by atoms with Gasteiger partial charge in [0.2, 0.25) is 0 Å². The molecule has 0 aliphatic rings. The number of nitrogens with two attached hydrogens (primary N) is 1. The summed E-state index contributed by atoms with van der Waals surface area (Å²) >= 11 is 2.81. The summed E-state index contributed by atoms with van der Waals surface area (Å²) in [6.07, 6.45) is -4.47. The molecular weight excluding hydrogens is 249 g/mol. The summed E-state index contributed by atoms with van der Waals surface area (Å²) in [5.74, 6) is -0.131. The van der Waals surface area contributed by atoms with Crippen LogP contribution in [0.25, 0.3) is 0 Å². The van der Waals surface area contributed by atoms with Gasteiger partial charge in [-0.3, -0.25) is 0 Å². The Kier molecular flexibility index (Phi) is 2.51. The number of halogens is 4. The molecule has 0 amide bonds. The Balaban J connectivity index is 3.37. The second-order valence-corrected chi connectivity index (χ2v) is 3.32. The zero-order valence-electron chi connectivity index (χ0n) is 6.61. The summed E-state index contributed by atoms with van der Waals surface area (Å²) in [6, 6.07) is 1.37. The van der Waals surface area contributed by atoms with E-state index in [1.165, 1.54) is 13.0 Å². The molecule has 72 valence electrons. The average molecular weight is 255 g/mol. The number of hydrogen-bond acceptors (Lipinski definition) is 2. The number of pyridine rings is 1. The van der Waals surface area contributed by atoms with Crippen LogP contribution in [0.5, 0.6) is 0 Å². The fourth-order valence-electron chi connectivity index (χ4n) is 0.870. The Hall–Kier alpha value is -0.780. The van der Waals surface area contributed by atoms with Gasteiger partial charge in [0.1, 0.15) is 5.82 Å². The summed E-state index contributed by atoms with van der Waals surface area (Å²) in [7, 11) is 0. The van der Waals surface area contributed by atoms with Crippen molar-refractivity contribution in [2.75, 3.05) is 5.73 Å². The van der Waals surface area contributed by atoms with Gasteiger partial charge in [0.25, 0.3) is 0 Å². The highest BCUT2D eigenvalue weighted by molar-refractivity contribution is 9.10. The molecule has 13 heavy (non-hydrogen) atoms. The highest BCUT2D eigenvalue weighted by atomic mass is 79.9. The predicted octanol–water partition coefficient (Wildman–Crippen LogP) is 2.75. The van der Waals surface area contributed by atoms with Crippen LogP contribution in [0.1, 0.15) is 11.3 Å². The molecule has 0 atom stereocenters. The van der Waals surface area contributed by atoms with E-state index in [1.807, 2.05) is 0 Å². The zero-order valence-corrected chi connectivity index (χ0v) is 8.20. The molecule has 0 bridgehead atoms. The summed E-state index contributed by atoms with van der Waals surface area (Å²) in [5, 5.41) is 0. The molecule has 0 saturated carbocycles. The van der Waals surface area contributed by atoms with Crippen LogP contribution in [-0.2, 0) is 6.18 Å². The molecule has 1 heterocycles. The van der Waals surface area contributed by atoms with Crippen molar-refractivity contribution in [3.05, 3.63) is 21.8 Å². The van der Waals surface area contributed by atoms with Crippen LogP contribution in [0.2, 0.25) is 0 Å². The number of hydrogen-bond donors (Lipinski definition) is 1. The van der Waals surface area contributed by atoms with Gasteiger partial charge in [-0.1, -0.05) is 0 Å². The van der Waals surface area contributed by atoms with Crippen molar-refractivity contribution in [2.24, 2.45) is 0 Å². The normalized spacial score (nSPS) is 11.8. The van der Waals surface area contributed by atoms with Crippen LogP contribution in [0.15, 0.2) is 10.5 Å². The molecule has 2 N–H and O–H groups in total. The minimum Gasteiger partial charge on any atom is -0.384 e. The Morgan fingerprint density at radius 3 is 2.46 bits per heavy atom. The molecule has 0 spiro atoms. The van der Waals surface area contributed by atoms with Gasteiger partial charge in [0, 0.05) is 0 Å². The van der Waals surface area contributed by atoms with E-state index < -0.39 is 11.9 Å². The SMILES string of the molecule is Cc1cc(N)nc(C(F)(F)F)c1Br. The smallest absolute Gasteiger partial charge is 0.384 e. The van der Waals surface area contributed by atoms with E-state index in [2.05, 4.69) is 20.9 Å². The third-order valence-corrected chi connectivity index (χ3v) is 2.43. The van der Waals surface area contributed by atoms with Gasteiger partial charge in [-0.05, 0) is 34.5 Å². The first kappa shape index (κ1) is 10.3. The van der Waals surface area contributed by atoms with E-state index >= 15 is 0 Å². The van der Waals surface area contributed by atoms with Crippen molar-refractivity contribution in [1.82, 2.24) is 4.98 Å². The minimum atomic E-state index is -4.47. The number of aryl methyl sites for hydroxylation is 1. The molecule has 2 nitrogen and oxygen atoms in total. The molecule has 6 heteroatoms. The lowest BCUT2D eigenvalue weighted by Gasteiger charge is -2.10. The molecule has 0 aliphatic carbocycles. The van der Waals surface area contributed by atoms with Crippen LogP contribution in [0, 0.1) is 6.92 Å². The Labute approximate surface area is 81.1 Å². The summed E-state index contributed by atoms with van der Waals surface area (Å²) in [6.45, 7) is 1.53. The van der Waals surface area contributed by atoms with Crippen LogP contribution >= 0.6 is 15.9 Å². The van der Waals surface area contributed by atoms with Crippen molar-refractivity contribution in [3.63, 3.8) is 0 Å². The Morgan fingerprint density at radius 1 is 1.46 bits per heavy atom. The summed E-state index contributed by atoms with van der Waals surface area (Å²) in [5.41, 5.74) is 4.63. The van der Waals surface area contributed by atoms with Crippen molar-refractivity contribution in [2.45, 2.75) is 13.1 Å². The number of rotatable bonds is 0. The van der Waals surface area contributed by atoms with Crippen LogP contribution in [0.3, 0.4) is 0 Å². The molecule has 1 aromatic rings. The van der Waals surface area contributed by atoms with Gasteiger partial charge < -0.3 is 5.73 Å². The number of aromatic nitrogens is 1. The second kappa shape index (κ2) is 3.17. The minimum absolute atomic E-state index is 0.0609. The lowest BCUT2D eigenvalue weighted by Crippen LogP contribution is -2.11. The molecule has 0 fully saturated rings. The van der Waals surface area contributed by atoms with E-state index in [1.54, 1.807) is 0 Å². The second-order valence-electron chi connectivity index (χ2n) is 2.52. The highest BCUT2D eigenvalue weighted by Gasteiger charge is 2.35. The zero-order chi connectivity index (χ0) is 10.2. The molecule has 0 aromatic carbocycles. The number of nitrogens with zero attached hydrogens (tertiary/aromatic N) is 1. The van der Waals surface area contributed by atoms with E-state index in [9.17, 15) is 13.2 Å². The Bertz CT molecular complexity index is 335. The molecule has 0 unspecified atom stereocenters. The van der Waals surface area contributed by atoms with E-state index in [0.717, 1.165) is 0 Å². The largest absolute Gasteiger partial charge is 0.434 e. The van der Waals surface area contributed by atoms with Gasteiger partial charge in [0.15, 0.2) is 5.69 Å². The van der Waals surface area contributed by atoms with Gasteiger partial charge in [-0.15, -0.1) is 0 Å². The third kappa shape index (κ3) is 2.12. The lowest BCUT2D eigenvalue weighted by molar-refractivity contribution is -0.141. The summed E-state index contributed by atoms with van der Waals surface area (Å²) in [4.78, 5) is 3.21. The maximum absolute atomic E-state index is 12.3. The van der Waals surface area contributed by atoms with E-state index in [0.29, 0.717) is 5.56 Å². The molecule has 1 rings (SSSR count). The third-order valence-electron chi connectivity index (χ3n) is 1.43. The average Bonchev–Trinajstić information content (AvgIpc) is 1.94.